The van der Waals surface area contributed by atoms with E-state index >= 15 is 0 Å². The zero-order valence-corrected chi connectivity index (χ0v) is 9.05. The number of carboxylic acid groups (broad SMARTS) is 1. The van der Waals surface area contributed by atoms with Crippen molar-refractivity contribution in [1.29, 1.82) is 0 Å². The quantitative estimate of drug-likeness (QED) is 0.666. The van der Waals surface area contributed by atoms with Crippen LogP contribution in [0.3, 0.4) is 0 Å². The lowest BCUT2D eigenvalue weighted by Crippen LogP contribution is -2.04. The van der Waals surface area contributed by atoms with Gasteiger partial charge in [0.2, 0.25) is 0 Å². The van der Waals surface area contributed by atoms with Crippen LogP contribution in [0.15, 0.2) is 11.1 Å². The monoisotopic (exact) mass is 184 g/mol. The summed E-state index contributed by atoms with van der Waals surface area (Å²) in [5, 5.41) is 8.55. The van der Waals surface area contributed by atoms with E-state index < -0.39 is 5.97 Å². The van der Waals surface area contributed by atoms with Crippen molar-refractivity contribution in [2.75, 3.05) is 0 Å². The van der Waals surface area contributed by atoms with Crippen LogP contribution in [0.2, 0.25) is 0 Å². The van der Waals surface area contributed by atoms with Crippen LogP contribution in [-0.2, 0) is 4.79 Å². The van der Waals surface area contributed by atoms with Gasteiger partial charge in [-0.2, -0.15) is 0 Å². The van der Waals surface area contributed by atoms with Gasteiger partial charge in [-0.1, -0.05) is 18.1 Å². The predicted molar refractivity (Wildman–Crippen MR) is 54.7 cm³/mol. The number of carbonyl (C=O) groups is 1. The molecule has 0 saturated carbocycles. The zero-order valence-electron chi connectivity index (χ0n) is 9.05. The molecule has 0 aliphatic heterocycles. The number of hydrogen-bond donors (Lipinski definition) is 1. The first-order valence-electron chi connectivity index (χ1n) is 4.78. The molecule has 0 aromatic rings. The lowest BCUT2D eigenvalue weighted by Gasteiger charge is -2.09. The summed E-state index contributed by atoms with van der Waals surface area (Å²) in [6, 6.07) is 0. The molecule has 13 heavy (non-hydrogen) atoms. The minimum Gasteiger partial charge on any atom is -0.481 e. The molecule has 76 valence electrons. The van der Waals surface area contributed by atoms with Crippen LogP contribution >= 0.6 is 0 Å². The van der Waals surface area contributed by atoms with Crippen LogP contribution in [0.1, 0.15) is 47.0 Å². The van der Waals surface area contributed by atoms with Gasteiger partial charge in [0, 0.05) is 6.42 Å². The van der Waals surface area contributed by atoms with Crippen molar-refractivity contribution >= 4 is 5.97 Å². The number of carboxylic acids is 1. The molecule has 0 spiro atoms. The SMILES string of the molecule is CC(C)=C(C)CC[C@@H](C)CC(=O)O. The molecular weight excluding hydrogens is 164 g/mol. The molecule has 0 fully saturated rings. The Morgan fingerprint density at radius 3 is 2.23 bits per heavy atom. The normalized spacial score (nSPS) is 12.3. The Kier molecular flexibility index (Phi) is 5.44. The molecule has 0 bridgehead atoms. The summed E-state index contributed by atoms with van der Waals surface area (Å²) < 4.78 is 0. The highest BCUT2D eigenvalue weighted by molar-refractivity contribution is 5.66. The van der Waals surface area contributed by atoms with Gasteiger partial charge in [-0.3, -0.25) is 4.79 Å². The van der Waals surface area contributed by atoms with E-state index in [1.54, 1.807) is 0 Å². The summed E-state index contributed by atoms with van der Waals surface area (Å²) in [7, 11) is 0. The number of aliphatic carboxylic acids is 1. The van der Waals surface area contributed by atoms with Crippen molar-refractivity contribution in [3.63, 3.8) is 0 Å². The molecule has 0 aliphatic carbocycles. The summed E-state index contributed by atoms with van der Waals surface area (Å²) in [5.74, 6) is -0.408. The van der Waals surface area contributed by atoms with E-state index in [-0.39, 0.29) is 12.3 Å². The summed E-state index contributed by atoms with van der Waals surface area (Å²) in [5.41, 5.74) is 2.74. The summed E-state index contributed by atoms with van der Waals surface area (Å²) in [4.78, 5) is 10.4. The van der Waals surface area contributed by atoms with E-state index in [2.05, 4.69) is 20.8 Å². The van der Waals surface area contributed by atoms with Crippen molar-refractivity contribution in [3.05, 3.63) is 11.1 Å². The van der Waals surface area contributed by atoms with Gasteiger partial charge < -0.3 is 5.11 Å². The van der Waals surface area contributed by atoms with Crippen molar-refractivity contribution in [2.24, 2.45) is 5.92 Å². The highest BCUT2D eigenvalue weighted by Crippen LogP contribution is 2.16. The summed E-state index contributed by atoms with van der Waals surface area (Å²) >= 11 is 0. The second-order valence-corrected chi connectivity index (χ2v) is 4.02. The first kappa shape index (κ1) is 12.2. The van der Waals surface area contributed by atoms with Gasteiger partial charge in [-0.05, 0) is 39.5 Å². The van der Waals surface area contributed by atoms with Crippen LogP contribution in [0.5, 0.6) is 0 Å². The minimum atomic E-state index is -0.692. The lowest BCUT2D eigenvalue weighted by atomic mass is 9.97. The Balaban J connectivity index is 3.77. The van der Waals surface area contributed by atoms with Gasteiger partial charge >= 0.3 is 5.97 Å². The highest BCUT2D eigenvalue weighted by atomic mass is 16.4. The fraction of sp³-hybridized carbons (Fsp3) is 0.727. The minimum absolute atomic E-state index is 0.284. The van der Waals surface area contributed by atoms with Crippen LogP contribution in [0, 0.1) is 5.92 Å². The molecule has 0 rings (SSSR count). The molecule has 0 amide bonds. The first-order chi connectivity index (χ1) is 5.93. The maximum atomic E-state index is 10.4. The maximum absolute atomic E-state index is 10.4. The van der Waals surface area contributed by atoms with Gasteiger partial charge in [0.25, 0.3) is 0 Å². The van der Waals surface area contributed by atoms with Gasteiger partial charge in [-0.25, -0.2) is 0 Å². The first-order valence-corrected chi connectivity index (χ1v) is 4.78. The van der Waals surface area contributed by atoms with Crippen molar-refractivity contribution in [3.8, 4) is 0 Å². The Hall–Kier alpha value is -0.790. The standard InChI is InChI=1S/C11H20O2/c1-8(2)10(4)6-5-9(3)7-11(12)13/h9H,5-7H2,1-4H3,(H,12,13)/t9-/m1/s1. The number of allylic oxidation sites excluding steroid dienone is 2. The van der Waals surface area contributed by atoms with Crippen LogP contribution in [0.4, 0.5) is 0 Å². The van der Waals surface area contributed by atoms with Crippen molar-refractivity contribution in [1.82, 2.24) is 0 Å². The van der Waals surface area contributed by atoms with Gasteiger partial charge in [-0.15, -0.1) is 0 Å². The third kappa shape index (κ3) is 6.38. The molecule has 0 saturated heterocycles. The maximum Gasteiger partial charge on any atom is 0.303 e. The fourth-order valence-electron chi connectivity index (χ4n) is 1.11. The third-order valence-electron chi connectivity index (χ3n) is 2.39. The zero-order chi connectivity index (χ0) is 10.4. The molecule has 2 nitrogen and oxygen atoms in total. The molecule has 0 aromatic heterocycles. The molecule has 0 aromatic carbocycles. The molecule has 0 radical (unpaired) electrons. The number of rotatable bonds is 5. The van der Waals surface area contributed by atoms with Crippen molar-refractivity contribution in [2.45, 2.75) is 47.0 Å². The Morgan fingerprint density at radius 2 is 1.85 bits per heavy atom. The van der Waals surface area contributed by atoms with Crippen LogP contribution < -0.4 is 0 Å². The molecule has 1 N–H and O–H groups in total. The lowest BCUT2D eigenvalue weighted by molar-refractivity contribution is -0.138. The van der Waals surface area contributed by atoms with E-state index in [0.29, 0.717) is 0 Å². The average molecular weight is 184 g/mol. The Labute approximate surface area is 80.7 Å². The third-order valence-corrected chi connectivity index (χ3v) is 2.39. The van der Waals surface area contributed by atoms with E-state index in [1.807, 2.05) is 6.92 Å². The molecule has 0 aliphatic rings. The van der Waals surface area contributed by atoms with Gasteiger partial charge in [0.05, 0.1) is 0 Å². The van der Waals surface area contributed by atoms with Gasteiger partial charge in [0.1, 0.15) is 0 Å². The molecular formula is C11H20O2. The van der Waals surface area contributed by atoms with Crippen LogP contribution in [-0.4, -0.2) is 11.1 Å². The Morgan fingerprint density at radius 1 is 1.31 bits per heavy atom. The highest BCUT2D eigenvalue weighted by Gasteiger charge is 2.07. The van der Waals surface area contributed by atoms with Gasteiger partial charge in [0.15, 0.2) is 0 Å². The van der Waals surface area contributed by atoms with Crippen molar-refractivity contribution < 1.29 is 9.90 Å². The average Bonchev–Trinajstić information content (AvgIpc) is 1.98. The Bertz CT molecular complexity index is 200. The summed E-state index contributed by atoms with van der Waals surface area (Å²) in [6.45, 7) is 8.30. The fourth-order valence-corrected chi connectivity index (χ4v) is 1.11. The topological polar surface area (TPSA) is 37.3 Å². The second-order valence-electron chi connectivity index (χ2n) is 4.02. The van der Waals surface area contributed by atoms with E-state index in [4.69, 9.17) is 5.11 Å². The summed E-state index contributed by atoms with van der Waals surface area (Å²) in [6.07, 6.45) is 2.29. The molecule has 0 heterocycles. The van der Waals surface area contributed by atoms with E-state index in [1.165, 1.54) is 11.1 Å². The van der Waals surface area contributed by atoms with E-state index in [9.17, 15) is 4.79 Å². The molecule has 0 unspecified atom stereocenters. The smallest absolute Gasteiger partial charge is 0.303 e. The largest absolute Gasteiger partial charge is 0.481 e. The van der Waals surface area contributed by atoms with Crippen LogP contribution in [0.25, 0.3) is 0 Å². The number of hydrogen-bond acceptors (Lipinski definition) is 1. The predicted octanol–water partition coefficient (Wildman–Crippen LogP) is 3.23. The molecule has 1 atom stereocenters. The van der Waals surface area contributed by atoms with E-state index in [0.717, 1.165) is 12.8 Å². The second kappa shape index (κ2) is 5.79. The molecule has 2 heteroatoms.